The van der Waals surface area contributed by atoms with E-state index in [0.29, 0.717) is 17.3 Å². The van der Waals surface area contributed by atoms with E-state index in [9.17, 15) is 4.39 Å². The standard InChI is InChI=1S/C14H19FN2S/c1-13(2)12(14(13,3)4)17-9-7-5-6-8(15)10(9)11(16)18/h5-7,12,17H,1-4H3,(H2,16,18). The predicted molar refractivity (Wildman–Crippen MR) is 77.3 cm³/mol. The van der Waals surface area contributed by atoms with E-state index in [0.717, 1.165) is 0 Å². The van der Waals surface area contributed by atoms with Gasteiger partial charge >= 0.3 is 0 Å². The quantitative estimate of drug-likeness (QED) is 0.824. The van der Waals surface area contributed by atoms with Crippen LogP contribution in [0, 0.1) is 16.6 Å². The van der Waals surface area contributed by atoms with Crippen LogP contribution in [0.15, 0.2) is 18.2 Å². The Hall–Kier alpha value is -1.16. The van der Waals surface area contributed by atoms with Gasteiger partial charge in [0.25, 0.3) is 0 Å². The molecule has 1 aliphatic carbocycles. The molecule has 98 valence electrons. The first-order valence-electron chi connectivity index (χ1n) is 6.04. The number of thiocarbonyl (C=S) groups is 1. The topological polar surface area (TPSA) is 38.0 Å². The van der Waals surface area contributed by atoms with Gasteiger partial charge in [0.05, 0.1) is 5.56 Å². The Morgan fingerprint density at radius 2 is 1.83 bits per heavy atom. The van der Waals surface area contributed by atoms with Crippen LogP contribution in [-0.2, 0) is 0 Å². The Labute approximate surface area is 113 Å². The van der Waals surface area contributed by atoms with Crippen LogP contribution >= 0.6 is 12.2 Å². The van der Waals surface area contributed by atoms with Gasteiger partial charge in [-0.25, -0.2) is 4.39 Å². The molecule has 2 rings (SSSR count). The smallest absolute Gasteiger partial charge is 0.135 e. The highest BCUT2D eigenvalue weighted by Gasteiger charge is 2.65. The molecule has 1 saturated carbocycles. The van der Waals surface area contributed by atoms with Crippen molar-refractivity contribution in [2.75, 3.05) is 5.32 Å². The Bertz CT molecular complexity index is 495. The number of anilines is 1. The van der Waals surface area contributed by atoms with Crippen molar-refractivity contribution in [1.82, 2.24) is 0 Å². The third-order valence-electron chi connectivity index (χ3n) is 4.58. The van der Waals surface area contributed by atoms with Gasteiger partial charge in [0.15, 0.2) is 0 Å². The van der Waals surface area contributed by atoms with E-state index in [-0.39, 0.29) is 21.6 Å². The summed E-state index contributed by atoms with van der Waals surface area (Å²) < 4.78 is 13.7. The first-order chi connectivity index (χ1) is 8.19. The lowest BCUT2D eigenvalue weighted by Gasteiger charge is -2.13. The molecule has 0 bridgehead atoms. The summed E-state index contributed by atoms with van der Waals surface area (Å²) in [6.07, 6.45) is 0. The van der Waals surface area contributed by atoms with Crippen LogP contribution in [0.5, 0.6) is 0 Å². The van der Waals surface area contributed by atoms with Gasteiger partial charge in [-0.1, -0.05) is 46.0 Å². The molecule has 0 aliphatic heterocycles. The monoisotopic (exact) mass is 266 g/mol. The fourth-order valence-electron chi connectivity index (χ4n) is 2.61. The zero-order chi connectivity index (χ0) is 13.7. The molecule has 18 heavy (non-hydrogen) atoms. The van der Waals surface area contributed by atoms with Crippen LogP contribution in [0.25, 0.3) is 0 Å². The number of benzene rings is 1. The average molecular weight is 266 g/mol. The lowest BCUT2D eigenvalue weighted by molar-refractivity contribution is 0.457. The van der Waals surface area contributed by atoms with Crippen molar-refractivity contribution < 1.29 is 4.39 Å². The maximum Gasteiger partial charge on any atom is 0.135 e. The Morgan fingerprint density at radius 3 is 2.28 bits per heavy atom. The van der Waals surface area contributed by atoms with E-state index < -0.39 is 0 Å². The van der Waals surface area contributed by atoms with E-state index in [1.54, 1.807) is 6.07 Å². The summed E-state index contributed by atoms with van der Waals surface area (Å²) >= 11 is 4.92. The summed E-state index contributed by atoms with van der Waals surface area (Å²) in [4.78, 5) is 0.0897. The van der Waals surface area contributed by atoms with Crippen molar-refractivity contribution in [3.63, 3.8) is 0 Å². The number of hydrogen-bond donors (Lipinski definition) is 2. The van der Waals surface area contributed by atoms with Crippen LogP contribution in [0.1, 0.15) is 33.3 Å². The summed E-state index contributed by atoms with van der Waals surface area (Å²) in [5, 5.41) is 3.38. The molecule has 1 fully saturated rings. The average Bonchev–Trinajstić information content (AvgIpc) is 2.60. The fourth-order valence-corrected chi connectivity index (χ4v) is 2.82. The molecular weight excluding hydrogens is 247 g/mol. The van der Waals surface area contributed by atoms with Crippen LogP contribution in [-0.4, -0.2) is 11.0 Å². The SMILES string of the molecule is CC1(C)C(Nc2cccc(F)c2C(N)=S)C1(C)C. The summed E-state index contributed by atoms with van der Waals surface area (Å²) in [7, 11) is 0. The van der Waals surface area contributed by atoms with Gasteiger partial charge in [-0.2, -0.15) is 0 Å². The Morgan fingerprint density at radius 1 is 1.28 bits per heavy atom. The lowest BCUT2D eigenvalue weighted by atomic mass is 10.0. The molecule has 2 nitrogen and oxygen atoms in total. The largest absolute Gasteiger partial charge is 0.389 e. The zero-order valence-electron chi connectivity index (χ0n) is 11.2. The molecule has 0 radical (unpaired) electrons. The predicted octanol–water partition coefficient (Wildman–Crippen LogP) is 3.31. The summed E-state index contributed by atoms with van der Waals surface area (Å²) in [6, 6.07) is 5.16. The molecule has 0 amide bonds. The summed E-state index contributed by atoms with van der Waals surface area (Å²) in [5.74, 6) is -0.372. The number of hydrogen-bond acceptors (Lipinski definition) is 2. The minimum atomic E-state index is -0.372. The highest BCUT2D eigenvalue weighted by atomic mass is 32.1. The molecule has 0 heterocycles. The molecule has 0 aromatic heterocycles. The van der Waals surface area contributed by atoms with Crippen molar-refractivity contribution in [1.29, 1.82) is 0 Å². The summed E-state index contributed by atoms with van der Waals surface area (Å²) in [6.45, 7) is 8.80. The second-order valence-electron chi connectivity index (χ2n) is 6.05. The maximum absolute atomic E-state index is 13.7. The van der Waals surface area contributed by atoms with E-state index in [1.807, 2.05) is 6.07 Å². The van der Waals surface area contributed by atoms with Crippen molar-refractivity contribution in [2.24, 2.45) is 16.6 Å². The number of nitrogens with one attached hydrogen (secondary N) is 1. The second kappa shape index (κ2) is 3.92. The van der Waals surface area contributed by atoms with E-state index in [1.165, 1.54) is 6.07 Å². The van der Waals surface area contributed by atoms with Crippen LogP contribution in [0.3, 0.4) is 0 Å². The summed E-state index contributed by atoms with van der Waals surface area (Å²) in [5.41, 5.74) is 6.94. The third-order valence-corrected chi connectivity index (χ3v) is 4.78. The highest BCUT2D eigenvalue weighted by Crippen LogP contribution is 2.63. The first kappa shape index (κ1) is 13.3. The molecule has 1 aromatic carbocycles. The van der Waals surface area contributed by atoms with E-state index in [4.69, 9.17) is 18.0 Å². The van der Waals surface area contributed by atoms with Gasteiger partial charge < -0.3 is 11.1 Å². The van der Waals surface area contributed by atoms with Crippen molar-refractivity contribution in [2.45, 2.75) is 33.7 Å². The normalized spacial score (nSPS) is 20.5. The molecule has 0 atom stereocenters. The van der Waals surface area contributed by atoms with E-state index in [2.05, 4.69) is 33.0 Å². The lowest BCUT2D eigenvalue weighted by Crippen LogP contribution is -2.18. The molecule has 0 unspecified atom stereocenters. The minimum absolute atomic E-state index is 0.0897. The Kier molecular flexibility index (Phi) is 2.89. The van der Waals surface area contributed by atoms with Gasteiger partial charge in [-0.15, -0.1) is 0 Å². The molecule has 0 spiro atoms. The molecule has 0 saturated heterocycles. The maximum atomic E-state index is 13.7. The van der Waals surface area contributed by atoms with Crippen LogP contribution in [0.4, 0.5) is 10.1 Å². The number of nitrogens with two attached hydrogens (primary N) is 1. The van der Waals surface area contributed by atoms with Gasteiger partial charge in [-0.05, 0) is 23.0 Å². The van der Waals surface area contributed by atoms with Gasteiger partial charge in [0.1, 0.15) is 10.8 Å². The first-order valence-corrected chi connectivity index (χ1v) is 6.45. The molecule has 1 aliphatic rings. The molecule has 4 heteroatoms. The molecule has 3 N–H and O–H groups in total. The van der Waals surface area contributed by atoms with Crippen LogP contribution < -0.4 is 11.1 Å². The Balaban J connectivity index is 2.32. The van der Waals surface area contributed by atoms with Crippen molar-refractivity contribution in [3.05, 3.63) is 29.6 Å². The van der Waals surface area contributed by atoms with Gasteiger partial charge in [-0.3, -0.25) is 0 Å². The molecular formula is C14H19FN2S. The highest BCUT2D eigenvalue weighted by molar-refractivity contribution is 7.80. The van der Waals surface area contributed by atoms with Crippen molar-refractivity contribution in [3.8, 4) is 0 Å². The second-order valence-corrected chi connectivity index (χ2v) is 6.49. The van der Waals surface area contributed by atoms with E-state index >= 15 is 0 Å². The van der Waals surface area contributed by atoms with Gasteiger partial charge in [0.2, 0.25) is 0 Å². The third kappa shape index (κ3) is 1.79. The molecule has 1 aromatic rings. The van der Waals surface area contributed by atoms with Crippen LogP contribution in [0.2, 0.25) is 0 Å². The minimum Gasteiger partial charge on any atom is -0.389 e. The zero-order valence-corrected chi connectivity index (χ0v) is 12.0. The van der Waals surface area contributed by atoms with Gasteiger partial charge in [0, 0.05) is 11.7 Å². The number of rotatable bonds is 3. The fraction of sp³-hybridized carbons (Fsp3) is 0.500. The van der Waals surface area contributed by atoms with Crippen molar-refractivity contribution >= 4 is 22.9 Å². The number of halogens is 1.